The van der Waals surface area contributed by atoms with Gasteiger partial charge in [-0.25, -0.2) is 4.79 Å². The van der Waals surface area contributed by atoms with E-state index in [-0.39, 0.29) is 5.56 Å². The molecule has 0 spiro atoms. The third kappa shape index (κ3) is 3.60. The SMILES string of the molecule is Cc1oc(CNC(C)C2CCCCC2)cc1C(=O)O. The van der Waals surface area contributed by atoms with Gasteiger partial charge in [0.05, 0.1) is 6.54 Å². The van der Waals surface area contributed by atoms with Crippen molar-refractivity contribution < 1.29 is 14.3 Å². The third-order valence-corrected chi connectivity index (χ3v) is 4.15. The maximum atomic E-state index is 10.9. The predicted octanol–water partition coefficient (Wildman–Crippen LogP) is 3.34. The van der Waals surface area contributed by atoms with Gasteiger partial charge in [-0.2, -0.15) is 0 Å². The maximum absolute atomic E-state index is 10.9. The van der Waals surface area contributed by atoms with E-state index >= 15 is 0 Å². The summed E-state index contributed by atoms with van der Waals surface area (Å²) in [6.07, 6.45) is 6.62. The number of aromatic carboxylic acids is 1. The number of rotatable bonds is 5. The summed E-state index contributed by atoms with van der Waals surface area (Å²) in [6, 6.07) is 2.08. The summed E-state index contributed by atoms with van der Waals surface area (Å²) in [5.41, 5.74) is 0.266. The van der Waals surface area contributed by atoms with Gasteiger partial charge in [0.25, 0.3) is 0 Å². The molecule has 1 fully saturated rings. The number of carbonyl (C=O) groups is 1. The molecule has 0 saturated heterocycles. The molecule has 1 aliphatic carbocycles. The van der Waals surface area contributed by atoms with Crippen LogP contribution < -0.4 is 5.32 Å². The van der Waals surface area contributed by atoms with Gasteiger partial charge < -0.3 is 14.8 Å². The van der Waals surface area contributed by atoms with Crippen LogP contribution in [0.4, 0.5) is 0 Å². The number of aryl methyl sites for hydroxylation is 1. The highest BCUT2D eigenvalue weighted by molar-refractivity contribution is 5.88. The lowest BCUT2D eigenvalue weighted by molar-refractivity contribution is 0.0695. The van der Waals surface area contributed by atoms with Crippen molar-refractivity contribution in [3.05, 3.63) is 23.2 Å². The molecule has 0 aromatic carbocycles. The molecule has 2 N–H and O–H groups in total. The summed E-state index contributed by atoms with van der Waals surface area (Å²) in [4.78, 5) is 10.9. The van der Waals surface area contributed by atoms with Crippen LogP contribution in [0.2, 0.25) is 0 Å². The molecule has 1 unspecified atom stereocenters. The van der Waals surface area contributed by atoms with Crippen molar-refractivity contribution in [2.75, 3.05) is 0 Å². The van der Waals surface area contributed by atoms with Crippen LogP contribution >= 0.6 is 0 Å². The van der Waals surface area contributed by atoms with E-state index in [4.69, 9.17) is 9.52 Å². The van der Waals surface area contributed by atoms with Crippen LogP contribution in [-0.4, -0.2) is 17.1 Å². The van der Waals surface area contributed by atoms with Crippen molar-refractivity contribution >= 4 is 5.97 Å². The van der Waals surface area contributed by atoms with Crippen molar-refractivity contribution in [2.45, 2.75) is 58.5 Å². The number of hydrogen-bond donors (Lipinski definition) is 2. The van der Waals surface area contributed by atoms with E-state index in [0.717, 1.165) is 5.92 Å². The molecule has 1 saturated carbocycles. The van der Waals surface area contributed by atoms with Crippen LogP contribution in [0.3, 0.4) is 0 Å². The largest absolute Gasteiger partial charge is 0.478 e. The molecule has 1 atom stereocenters. The highest BCUT2D eigenvalue weighted by Gasteiger charge is 2.20. The van der Waals surface area contributed by atoms with Crippen LogP contribution in [0.25, 0.3) is 0 Å². The predicted molar refractivity (Wildman–Crippen MR) is 73.3 cm³/mol. The first-order valence-corrected chi connectivity index (χ1v) is 7.14. The molecular weight excluding hydrogens is 242 g/mol. The average molecular weight is 265 g/mol. The quantitative estimate of drug-likeness (QED) is 0.857. The molecule has 4 heteroatoms. The fraction of sp³-hybridized carbons (Fsp3) is 0.667. The molecule has 0 radical (unpaired) electrons. The maximum Gasteiger partial charge on any atom is 0.339 e. The van der Waals surface area contributed by atoms with E-state index in [0.29, 0.717) is 24.1 Å². The summed E-state index contributed by atoms with van der Waals surface area (Å²) >= 11 is 0. The van der Waals surface area contributed by atoms with Gasteiger partial charge in [0.15, 0.2) is 0 Å². The van der Waals surface area contributed by atoms with Gasteiger partial charge in [0, 0.05) is 6.04 Å². The Labute approximate surface area is 114 Å². The van der Waals surface area contributed by atoms with Gasteiger partial charge in [-0.1, -0.05) is 19.3 Å². The fourth-order valence-corrected chi connectivity index (χ4v) is 2.91. The van der Waals surface area contributed by atoms with Crippen LogP contribution in [0.5, 0.6) is 0 Å². The van der Waals surface area contributed by atoms with Crippen molar-refractivity contribution in [2.24, 2.45) is 5.92 Å². The van der Waals surface area contributed by atoms with Gasteiger partial charge in [-0.3, -0.25) is 0 Å². The average Bonchev–Trinajstić information content (AvgIpc) is 2.78. The zero-order chi connectivity index (χ0) is 13.8. The van der Waals surface area contributed by atoms with Gasteiger partial charge in [0.2, 0.25) is 0 Å². The van der Waals surface area contributed by atoms with Gasteiger partial charge in [-0.15, -0.1) is 0 Å². The first-order valence-electron chi connectivity index (χ1n) is 7.14. The minimum absolute atomic E-state index is 0.266. The summed E-state index contributed by atoms with van der Waals surface area (Å²) < 4.78 is 5.47. The molecule has 0 aliphatic heterocycles. The zero-order valence-corrected chi connectivity index (χ0v) is 11.7. The molecule has 19 heavy (non-hydrogen) atoms. The Morgan fingerprint density at radius 3 is 2.74 bits per heavy atom. The summed E-state index contributed by atoms with van der Waals surface area (Å²) in [5, 5.41) is 12.4. The highest BCUT2D eigenvalue weighted by Crippen LogP contribution is 2.26. The van der Waals surface area contributed by atoms with Crippen molar-refractivity contribution in [1.29, 1.82) is 0 Å². The summed E-state index contributed by atoms with van der Waals surface area (Å²) in [6.45, 7) is 4.51. The van der Waals surface area contributed by atoms with Gasteiger partial charge in [0.1, 0.15) is 17.1 Å². The number of furan rings is 1. The second-order valence-corrected chi connectivity index (χ2v) is 5.56. The molecule has 1 heterocycles. The van der Waals surface area contributed by atoms with E-state index < -0.39 is 5.97 Å². The third-order valence-electron chi connectivity index (χ3n) is 4.15. The monoisotopic (exact) mass is 265 g/mol. The van der Waals surface area contributed by atoms with Gasteiger partial charge in [-0.05, 0) is 38.7 Å². The van der Waals surface area contributed by atoms with Crippen molar-refractivity contribution in [3.8, 4) is 0 Å². The fourth-order valence-electron chi connectivity index (χ4n) is 2.91. The van der Waals surface area contributed by atoms with E-state index in [1.807, 2.05) is 0 Å². The molecular formula is C15H23NO3. The Hall–Kier alpha value is -1.29. The van der Waals surface area contributed by atoms with E-state index in [1.165, 1.54) is 32.1 Å². The lowest BCUT2D eigenvalue weighted by Gasteiger charge is -2.28. The standard InChI is InChI=1S/C15H23NO3/c1-10(12-6-4-3-5-7-12)16-9-13-8-14(15(17)18)11(2)19-13/h8,10,12,16H,3-7,9H2,1-2H3,(H,17,18). The van der Waals surface area contributed by atoms with E-state index in [9.17, 15) is 4.79 Å². The topological polar surface area (TPSA) is 62.5 Å². The first kappa shape index (κ1) is 14.1. The van der Waals surface area contributed by atoms with Crippen LogP contribution in [0, 0.1) is 12.8 Å². The number of carboxylic acids is 1. The molecule has 4 nitrogen and oxygen atoms in total. The molecule has 1 aliphatic rings. The second kappa shape index (κ2) is 6.24. The molecule has 1 aromatic heterocycles. The summed E-state index contributed by atoms with van der Waals surface area (Å²) in [5.74, 6) is 1.00. The van der Waals surface area contributed by atoms with Gasteiger partial charge >= 0.3 is 5.97 Å². The van der Waals surface area contributed by atoms with Crippen LogP contribution in [-0.2, 0) is 6.54 Å². The van der Waals surface area contributed by atoms with Crippen molar-refractivity contribution in [3.63, 3.8) is 0 Å². The molecule has 106 valence electrons. The Bertz CT molecular complexity index is 433. The Kier molecular flexibility index (Phi) is 4.64. The minimum Gasteiger partial charge on any atom is -0.478 e. The number of nitrogens with one attached hydrogen (secondary N) is 1. The minimum atomic E-state index is -0.923. The normalized spacial score (nSPS) is 18.4. The molecule has 2 rings (SSSR count). The smallest absolute Gasteiger partial charge is 0.339 e. The lowest BCUT2D eigenvalue weighted by Crippen LogP contribution is -2.34. The summed E-state index contributed by atoms with van der Waals surface area (Å²) in [7, 11) is 0. The Morgan fingerprint density at radius 1 is 1.47 bits per heavy atom. The molecule has 1 aromatic rings. The lowest BCUT2D eigenvalue weighted by atomic mass is 9.84. The highest BCUT2D eigenvalue weighted by atomic mass is 16.4. The number of hydrogen-bond acceptors (Lipinski definition) is 3. The van der Waals surface area contributed by atoms with E-state index in [1.54, 1.807) is 13.0 Å². The first-order chi connectivity index (χ1) is 9.08. The Balaban J connectivity index is 1.87. The van der Waals surface area contributed by atoms with Crippen LogP contribution in [0.1, 0.15) is 60.9 Å². The Morgan fingerprint density at radius 2 is 2.16 bits per heavy atom. The van der Waals surface area contributed by atoms with Crippen LogP contribution in [0.15, 0.2) is 10.5 Å². The second-order valence-electron chi connectivity index (χ2n) is 5.56. The number of carboxylic acid groups (broad SMARTS) is 1. The molecule has 0 bridgehead atoms. The van der Waals surface area contributed by atoms with Crippen molar-refractivity contribution in [1.82, 2.24) is 5.32 Å². The zero-order valence-electron chi connectivity index (χ0n) is 11.7. The van der Waals surface area contributed by atoms with E-state index in [2.05, 4.69) is 12.2 Å². The molecule has 0 amide bonds.